The number of H-pyrrole nitrogens is 1. The molecule has 1 aromatic heterocycles. The Labute approximate surface area is 175 Å². The Balaban J connectivity index is 1.54. The van der Waals surface area contributed by atoms with Gasteiger partial charge in [-0.3, -0.25) is 9.89 Å². The number of hydrogen-bond acceptors (Lipinski definition) is 4. The lowest BCUT2D eigenvalue weighted by atomic mass is 10.1. The zero-order valence-corrected chi connectivity index (χ0v) is 17.4. The second-order valence-electron chi connectivity index (χ2n) is 7.87. The van der Waals surface area contributed by atoms with Crippen molar-refractivity contribution >= 4 is 5.91 Å². The first-order valence-electron chi connectivity index (χ1n) is 10.0. The molecule has 156 valence electrons. The fourth-order valence-electron chi connectivity index (χ4n) is 3.80. The lowest BCUT2D eigenvalue weighted by molar-refractivity contribution is 0.0437. The van der Waals surface area contributed by atoms with Crippen LogP contribution in [0.15, 0.2) is 42.5 Å². The summed E-state index contributed by atoms with van der Waals surface area (Å²) in [5.74, 6) is 0.596. The van der Waals surface area contributed by atoms with Crippen LogP contribution in [-0.4, -0.2) is 38.6 Å². The largest absolute Gasteiger partial charge is 0.372 e. The molecule has 1 N–H and O–H groups in total. The molecule has 4 rings (SSSR count). The number of carbonyl (C=O) groups excluding carboxylic acids is 1. The number of hydrogen-bond donors (Lipinski definition) is 1. The van der Waals surface area contributed by atoms with Gasteiger partial charge in [-0.2, -0.15) is 5.10 Å². The maximum absolute atomic E-state index is 14.0. The van der Waals surface area contributed by atoms with Crippen molar-refractivity contribution in [3.8, 4) is 0 Å². The molecule has 1 amide bonds. The van der Waals surface area contributed by atoms with Crippen molar-refractivity contribution in [2.45, 2.75) is 45.9 Å². The predicted molar refractivity (Wildman–Crippen MR) is 110 cm³/mol. The van der Waals surface area contributed by atoms with Crippen LogP contribution in [0.1, 0.15) is 51.2 Å². The zero-order valence-electron chi connectivity index (χ0n) is 17.4. The summed E-state index contributed by atoms with van der Waals surface area (Å²) in [6.45, 7) is 6.40. The van der Waals surface area contributed by atoms with E-state index in [1.165, 1.54) is 11.6 Å². The minimum Gasteiger partial charge on any atom is -0.372 e. The fraction of sp³-hybridized carbons (Fsp3) is 0.348. The number of ether oxygens (including phenoxy) is 1. The maximum Gasteiger partial charge on any atom is 0.254 e. The van der Waals surface area contributed by atoms with E-state index in [0.717, 1.165) is 5.56 Å². The molecular weight excluding hydrogens is 383 g/mol. The van der Waals surface area contributed by atoms with Crippen LogP contribution in [0.25, 0.3) is 0 Å². The smallest absolute Gasteiger partial charge is 0.254 e. The van der Waals surface area contributed by atoms with E-state index in [-0.39, 0.29) is 18.1 Å². The third-order valence-corrected chi connectivity index (χ3v) is 5.42. The van der Waals surface area contributed by atoms with Gasteiger partial charge in [0.15, 0.2) is 5.82 Å². The summed E-state index contributed by atoms with van der Waals surface area (Å²) in [6, 6.07) is 12.4. The molecule has 0 saturated carbocycles. The van der Waals surface area contributed by atoms with Gasteiger partial charge >= 0.3 is 0 Å². The van der Waals surface area contributed by atoms with Gasteiger partial charge in [0.25, 0.3) is 5.91 Å². The van der Waals surface area contributed by atoms with Gasteiger partial charge in [0.1, 0.15) is 11.6 Å². The molecule has 0 radical (unpaired) electrons. The van der Waals surface area contributed by atoms with Gasteiger partial charge in [0, 0.05) is 18.5 Å². The third kappa shape index (κ3) is 4.26. The van der Waals surface area contributed by atoms with Crippen LogP contribution < -0.4 is 0 Å². The fourth-order valence-corrected chi connectivity index (χ4v) is 3.80. The number of nitrogens with one attached hydrogen (secondary N) is 1. The molecule has 1 aliphatic heterocycles. The Morgan fingerprint density at radius 2 is 2.07 bits per heavy atom. The lowest BCUT2D eigenvalue weighted by Crippen LogP contribution is -2.32. The van der Waals surface area contributed by atoms with Crippen LogP contribution in [0.5, 0.6) is 0 Å². The molecular formula is C23H25FN4O2. The summed E-state index contributed by atoms with van der Waals surface area (Å²) in [5.41, 5.74) is 3.09. The number of halogens is 1. The van der Waals surface area contributed by atoms with E-state index in [1.54, 1.807) is 24.0 Å². The van der Waals surface area contributed by atoms with Gasteiger partial charge in [-0.25, -0.2) is 9.37 Å². The number of benzene rings is 2. The van der Waals surface area contributed by atoms with E-state index in [1.807, 2.05) is 32.0 Å². The normalized spacial score (nSPS) is 18.7. The minimum absolute atomic E-state index is 0.159. The number of aromatic nitrogens is 3. The Bertz CT molecular complexity index is 1060. The lowest BCUT2D eigenvalue weighted by Gasteiger charge is -2.22. The van der Waals surface area contributed by atoms with Crippen molar-refractivity contribution in [3.05, 3.63) is 82.2 Å². The van der Waals surface area contributed by atoms with E-state index in [0.29, 0.717) is 42.3 Å². The molecule has 6 nitrogen and oxygen atoms in total. The topological polar surface area (TPSA) is 71.1 Å². The molecule has 2 aromatic carbocycles. The SMILES string of the molecule is Cc1cccc(CO[C@H]2C[C@@H](c3n[nH]c(C)n3)N(C(=O)c3ccc(C)c(F)c3)C2)c1. The highest BCUT2D eigenvalue weighted by Gasteiger charge is 2.39. The van der Waals surface area contributed by atoms with Crippen LogP contribution in [0, 0.1) is 26.6 Å². The van der Waals surface area contributed by atoms with E-state index in [4.69, 9.17) is 4.74 Å². The molecule has 1 saturated heterocycles. The van der Waals surface area contributed by atoms with Crippen LogP contribution >= 0.6 is 0 Å². The predicted octanol–water partition coefficient (Wildman–Crippen LogP) is 4.04. The van der Waals surface area contributed by atoms with Crippen molar-refractivity contribution in [1.82, 2.24) is 20.1 Å². The third-order valence-electron chi connectivity index (χ3n) is 5.42. The summed E-state index contributed by atoms with van der Waals surface area (Å²) in [7, 11) is 0. The first-order chi connectivity index (χ1) is 14.4. The van der Waals surface area contributed by atoms with Gasteiger partial charge in [-0.05, 0) is 44.0 Å². The summed E-state index contributed by atoms with van der Waals surface area (Å²) < 4.78 is 20.2. The van der Waals surface area contributed by atoms with E-state index >= 15 is 0 Å². The standard InChI is InChI=1S/C23H25FN4O2/c1-14-5-4-6-17(9-14)13-30-19-11-21(22-25-16(3)26-27-22)28(12-19)23(29)18-8-7-15(2)20(24)10-18/h4-10,19,21H,11-13H2,1-3H3,(H,25,26,27)/t19-,21-/m0/s1. The highest BCUT2D eigenvalue weighted by Crippen LogP contribution is 2.33. The molecule has 2 heterocycles. The van der Waals surface area contributed by atoms with Gasteiger partial charge in [0.05, 0.1) is 18.8 Å². The summed E-state index contributed by atoms with van der Waals surface area (Å²) in [5, 5.41) is 7.10. The molecule has 30 heavy (non-hydrogen) atoms. The average molecular weight is 408 g/mol. The van der Waals surface area contributed by atoms with Gasteiger partial charge < -0.3 is 9.64 Å². The molecule has 0 bridgehead atoms. The van der Waals surface area contributed by atoms with Crippen molar-refractivity contribution in [2.24, 2.45) is 0 Å². The van der Waals surface area contributed by atoms with E-state index in [2.05, 4.69) is 21.2 Å². The second-order valence-corrected chi connectivity index (χ2v) is 7.87. The van der Waals surface area contributed by atoms with Gasteiger partial charge in [0.2, 0.25) is 0 Å². The molecule has 0 spiro atoms. The number of carbonyl (C=O) groups is 1. The monoisotopic (exact) mass is 408 g/mol. The number of likely N-dealkylation sites (tertiary alicyclic amines) is 1. The number of aryl methyl sites for hydroxylation is 3. The van der Waals surface area contributed by atoms with E-state index in [9.17, 15) is 9.18 Å². The van der Waals surface area contributed by atoms with Crippen molar-refractivity contribution in [2.75, 3.05) is 6.54 Å². The Kier molecular flexibility index (Phi) is 5.63. The van der Waals surface area contributed by atoms with Crippen LogP contribution in [0.4, 0.5) is 4.39 Å². The summed E-state index contributed by atoms with van der Waals surface area (Å²) >= 11 is 0. The first-order valence-corrected chi connectivity index (χ1v) is 10.0. The highest BCUT2D eigenvalue weighted by molar-refractivity contribution is 5.94. The number of amides is 1. The molecule has 0 unspecified atom stereocenters. The van der Waals surface area contributed by atoms with E-state index < -0.39 is 5.82 Å². The highest BCUT2D eigenvalue weighted by atomic mass is 19.1. The van der Waals surface area contributed by atoms with Crippen LogP contribution in [0.2, 0.25) is 0 Å². The number of rotatable bonds is 5. The van der Waals surface area contributed by atoms with Crippen molar-refractivity contribution < 1.29 is 13.9 Å². The molecule has 2 atom stereocenters. The quantitative estimate of drug-likeness (QED) is 0.692. The minimum atomic E-state index is -0.391. The maximum atomic E-state index is 14.0. The number of aromatic amines is 1. The second kappa shape index (κ2) is 8.36. The Hall–Kier alpha value is -3.06. The molecule has 3 aromatic rings. The van der Waals surface area contributed by atoms with Gasteiger partial charge in [-0.15, -0.1) is 0 Å². The van der Waals surface area contributed by atoms with Crippen molar-refractivity contribution in [3.63, 3.8) is 0 Å². The Morgan fingerprint density at radius 1 is 1.23 bits per heavy atom. The summed E-state index contributed by atoms with van der Waals surface area (Å²) in [6.07, 6.45) is 0.428. The van der Waals surface area contributed by atoms with Crippen LogP contribution in [-0.2, 0) is 11.3 Å². The Morgan fingerprint density at radius 3 is 2.77 bits per heavy atom. The van der Waals surface area contributed by atoms with Crippen LogP contribution in [0.3, 0.4) is 0 Å². The summed E-state index contributed by atoms with van der Waals surface area (Å²) in [4.78, 5) is 19.3. The van der Waals surface area contributed by atoms with Crippen molar-refractivity contribution in [1.29, 1.82) is 0 Å². The molecule has 7 heteroatoms. The first kappa shape index (κ1) is 20.2. The average Bonchev–Trinajstić information content (AvgIpc) is 3.34. The van der Waals surface area contributed by atoms with Gasteiger partial charge in [-0.1, -0.05) is 35.9 Å². The zero-order chi connectivity index (χ0) is 21.3. The molecule has 1 fully saturated rings. The molecule has 0 aliphatic carbocycles. The molecule has 1 aliphatic rings. The number of nitrogens with zero attached hydrogens (tertiary/aromatic N) is 3.